The molecule has 1 fully saturated rings. The quantitative estimate of drug-likeness (QED) is 0.725. The van der Waals surface area contributed by atoms with Crippen LogP contribution in [0.4, 0.5) is 5.95 Å². The van der Waals surface area contributed by atoms with Crippen LogP contribution in [0.2, 0.25) is 0 Å². The van der Waals surface area contributed by atoms with Crippen molar-refractivity contribution in [3.8, 4) is 6.07 Å². The molecule has 0 N–H and O–H groups in total. The smallest absolute Gasteiger partial charge is 0.206 e. The minimum Gasteiger partial charge on any atom is -0.342 e. The number of hydrogen-bond donors (Lipinski definition) is 0. The molecular weight excluding hydrogens is 296 g/mol. The highest BCUT2D eigenvalue weighted by Crippen LogP contribution is 2.36. The molecule has 1 aliphatic rings. The number of fused-ring (bicyclic) bond motifs is 1. The van der Waals surface area contributed by atoms with Crippen molar-refractivity contribution in [2.75, 3.05) is 18.0 Å². The van der Waals surface area contributed by atoms with Crippen LogP contribution in [0, 0.1) is 11.3 Å². The lowest BCUT2D eigenvalue weighted by molar-refractivity contribution is 0.411. The number of nitrogens with zero attached hydrogens (tertiary/aromatic N) is 4. The maximum absolute atomic E-state index is 9.83. The number of nitriles is 1. The van der Waals surface area contributed by atoms with E-state index in [1.807, 2.05) is 36.4 Å². The third kappa shape index (κ3) is 2.25. The first-order valence-corrected chi connectivity index (χ1v) is 8.37. The third-order valence-electron chi connectivity index (χ3n) is 5.20. The molecule has 0 spiro atoms. The second-order valence-electron chi connectivity index (χ2n) is 6.51. The average Bonchev–Trinajstić information content (AvgIpc) is 3.00. The molecule has 2 aromatic carbocycles. The molecule has 0 aliphatic carbocycles. The Bertz CT molecular complexity index is 896. The van der Waals surface area contributed by atoms with Crippen LogP contribution in [0.25, 0.3) is 11.0 Å². The van der Waals surface area contributed by atoms with Gasteiger partial charge in [-0.3, -0.25) is 0 Å². The number of para-hydroxylation sites is 2. The summed E-state index contributed by atoms with van der Waals surface area (Å²) in [5, 5.41) is 9.83. The second-order valence-corrected chi connectivity index (χ2v) is 6.51. The van der Waals surface area contributed by atoms with Crippen LogP contribution in [-0.2, 0) is 12.5 Å². The Balaban J connectivity index is 1.61. The van der Waals surface area contributed by atoms with Crippen molar-refractivity contribution in [3.05, 3.63) is 60.2 Å². The van der Waals surface area contributed by atoms with Crippen molar-refractivity contribution in [1.29, 1.82) is 5.26 Å². The lowest BCUT2D eigenvalue weighted by Gasteiger charge is -2.38. The Morgan fingerprint density at radius 3 is 2.33 bits per heavy atom. The first-order valence-electron chi connectivity index (χ1n) is 8.37. The summed E-state index contributed by atoms with van der Waals surface area (Å²) < 4.78 is 2.15. The first kappa shape index (κ1) is 14.8. The molecule has 1 saturated heterocycles. The molecule has 3 aromatic rings. The maximum Gasteiger partial charge on any atom is 0.206 e. The van der Waals surface area contributed by atoms with E-state index in [0.717, 1.165) is 48.5 Å². The Hall–Kier alpha value is -2.80. The van der Waals surface area contributed by atoms with Crippen molar-refractivity contribution < 1.29 is 0 Å². The summed E-state index contributed by atoms with van der Waals surface area (Å²) >= 11 is 0. The minimum atomic E-state index is -0.373. The molecule has 1 aliphatic heterocycles. The summed E-state index contributed by atoms with van der Waals surface area (Å²) in [6.45, 7) is 1.69. The molecule has 24 heavy (non-hydrogen) atoms. The van der Waals surface area contributed by atoms with Crippen molar-refractivity contribution in [2.45, 2.75) is 18.3 Å². The van der Waals surface area contributed by atoms with Gasteiger partial charge in [0, 0.05) is 20.1 Å². The zero-order chi connectivity index (χ0) is 16.6. The number of benzene rings is 2. The van der Waals surface area contributed by atoms with E-state index in [9.17, 15) is 5.26 Å². The number of aryl methyl sites for hydroxylation is 1. The zero-order valence-electron chi connectivity index (χ0n) is 13.8. The van der Waals surface area contributed by atoms with E-state index in [0.29, 0.717) is 0 Å². The fourth-order valence-electron chi connectivity index (χ4n) is 3.73. The highest BCUT2D eigenvalue weighted by atomic mass is 15.3. The van der Waals surface area contributed by atoms with E-state index in [4.69, 9.17) is 4.98 Å². The number of rotatable bonds is 2. The van der Waals surface area contributed by atoms with Gasteiger partial charge in [-0.15, -0.1) is 0 Å². The van der Waals surface area contributed by atoms with Crippen LogP contribution in [0.1, 0.15) is 18.4 Å². The van der Waals surface area contributed by atoms with Crippen molar-refractivity contribution >= 4 is 17.0 Å². The van der Waals surface area contributed by atoms with Gasteiger partial charge in [-0.2, -0.15) is 5.26 Å². The Morgan fingerprint density at radius 2 is 1.67 bits per heavy atom. The average molecular weight is 316 g/mol. The molecule has 4 rings (SSSR count). The number of imidazole rings is 1. The molecule has 0 radical (unpaired) electrons. The van der Waals surface area contributed by atoms with E-state index in [1.54, 1.807) is 0 Å². The van der Waals surface area contributed by atoms with Crippen molar-refractivity contribution in [2.24, 2.45) is 7.05 Å². The van der Waals surface area contributed by atoms with E-state index in [-0.39, 0.29) is 5.41 Å². The maximum atomic E-state index is 9.83. The number of piperidine rings is 1. The van der Waals surface area contributed by atoms with Gasteiger partial charge in [0.1, 0.15) is 0 Å². The lowest BCUT2D eigenvalue weighted by Crippen LogP contribution is -2.42. The fourth-order valence-corrected chi connectivity index (χ4v) is 3.73. The normalized spacial score (nSPS) is 16.9. The van der Waals surface area contributed by atoms with Crippen LogP contribution in [0.3, 0.4) is 0 Å². The van der Waals surface area contributed by atoms with Crippen LogP contribution in [0.5, 0.6) is 0 Å². The van der Waals surface area contributed by atoms with E-state index >= 15 is 0 Å². The molecule has 0 unspecified atom stereocenters. The van der Waals surface area contributed by atoms with Crippen LogP contribution < -0.4 is 4.90 Å². The highest BCUT2D eigenvalue weighted by Gasteiger charge is 2.37. The van der Waals surface area contributed by atoms with E-state index in [2.05, 4.69) is 40.8 Å². The summed E-state index contributed by atoms with van der Waals surface area (Å²) in [4.78, 5) is 7.09. The van der Waals surface area contributed by atoms with Gasteiger partial charge in [0.15, 0.2) is 0 Å². The molecule has 4 heteroatoms. The molecule has 0 bridgehead atoms. The molecule has 0 atom stereocenters. The largest absolute Gasteiger partial charge is 0.342 e. The number of aromatic nitrogens is 2. The van der Waals surface area contributed by atoms with E-state index in [1.165, 1.54) is 0 Å². The number of anilines is 1. The standard InChI is InChI=1S/C20H20N4/c1-23-18-10-6-5-9-17(18)22-19(23)24-13-11-20(15-21,12-14-24)16-7-3-2-4-8-16/h2-10H,11-14H2,1H3. The zero-order valence-corrected chi connectivity index (χ0v) is 13.8. The Labute approximate surface area is 142 Å². The summed E-state index contributed by atoms with van der Waals surface area (Å²) in [7, 11) is 2.06. The summed E-state index contributed by atoms with van der Waals surface area (Å²) in [5.41, 5.74) is 2.93. The van der Waals surface area contributed by atoms with Gasteiger partial charge >= 0.3 is 0 Å². The summed E-state index contributed by atoms with van der Waals surface area (Å²) in [6, 6.07) is 21.0. The Morgan fingerprint density at radius 1 is 1.00 bits per heavy atom. The van der Waals surface area contributed by atoms with Crippen LogP contribution in [-0.4, -0.2) is 22.6 Å². The van der Waals surface area contributed by atoms with Crippen molar-refractivity contribution in [1.82, 2.24) is 9.55 Å². The topological polar surface area (TPSA) is 44.9 Å². The Kier molecular flexibility index (Phi) is 3.50. The molecule has 2 heterocycles. The van der Waals surface area contributed by atoms with Gasteiger partial charge < -0.3 is 9.47 Å². The SMILES string of the molecule is Cn1c(N2CCC(C#N)(c3ccccc3)CC2)nc2ccccc21. The van der Waals surface area contributed by atoms with Gasteiger partial charge in [0.2, 0.25) is 5.95 Å². The molecule has 4 nitrogen and oxygen atoms in total. The van der Waals surface area contributed by atoms with Gasteiger partial charge in [-0.25, -0.2) is 4.98 Å². The van der Waals surface area contributed by atoms with E-state index < -0.39 is 0 Å². The third-order valence-corrected chi connectivity index (χ3v) is 5.20. The predicted molar refractivity (Wildman–Crippen MR) is 95.9 cm³/mol. The van der Waals surface area contributed by atoms with Crippen LogP contribution >= 0.6 is 0 Å². The lowest BCUT2D eigenvalue weighted by atomic mass is 9.74. The van der Waals surface area contributed by atoms with Gasteiger partial charge in [0.25, 0.3) is 0 Å². The fraction of sp³-hybridized carbons (Fsp3) is 0.300. The van der Waals surface area contributed by atoms with Crippen molar-refractivity contribution in [3.63, 3.8) is 0 Å². The number of hydrogen-bond acceptors (Lipinski definition) is 3. The molecule has 0 amide bonds. The predicted octanol–water partition coefficient (Wildman–Crippen LogP) is 3.64. The second kappa shape index (κ2) is 5.68. The van der Waals surface area contributed by atoms with Crippen LogP contribution in [0.15, 0.2) is 54.6 Å². The first-order chi connectivity index (χ1) is 11.7. The van der Waals surface area contributed by atoms with Gasteiger partial charge in [-0.05, 0) is 30.5 Å². The monoisotopic (exact) mass is 316 g/mol. The minimum absolute atomic E-state index is 0.373. The van der Waals surface area contributed by atoms with Gasteiger partial charge in [-0.1, -0.05) is 42.5 Å². The molecule has 1 aromatic heterocycles. The molecule has 0 saturated carbocycles. The molecular formula is C20H20N4. The molecule has 120 valence electrons. The summed E-state index contributed by atoms with van der Waals surface area (Å²) in [6.07, 6.45) is 1.66. The summed E-state index contributed by atoms with van der Waals surface area (Å²) in [5.74, 6) is 0.996. The highest BCUT2D eigenvalue weighted by molar-refractivity contribution is 5.78. The van der Waals surface area contributed by atoms with Gasteiger partial charge in [0.05, 0.1) is 22.5 Å².